The molecule has 5 heteroatoms. The van der Waals surface area contributed by atoms with Gasteiger partial charge in [-0.05, 0) is 25.3 Å². The Hall–Kier alpha value is -1.10. The van der Waals surface area contributed by atoms with E-state index in [2.05, 4.69) is 0 Å². The Kier molecular flexibility index (Phi) is 4.08. The molecule has 0 aliphatic carbocycles. The number of carboxylic acids is 1. The highest BCUT2D eigenvalue weighted by atomic mass is 16.4. The standard InChI is InChI=1S/C10H18N2O3/c1-7-4-6-12(9(7)10(14)15)8(13)3-2-5-11/h7,9H,2-6,11H2,1H3,(H,14,15). The van der Waals surface area contributed by atoms with Gasteiger partial charge in [-0.15, -0.1) is 0 Å². The summed E-state index contributed by atoms with van der Waals surface area (Å²) in [7, 11) is 0. The Bertz CT molecular complexity index is 255. The molecule has 3 N–H and O–H groups in total. The van der Waals surface area contributed by atoms with Crippen molar-refractivity contribution < 1.29 is 14.7 Å². The first-order chi connectivity index (χ1) is 7.07. The molecule has 15 heavy (non-hydrogen) atoms. The zero-order chi connectivity index (χ0) is 11.4. The molecule has 2 unspecified atom stereocenters. The summed E-state index contributed by atoms with van der Waals surface area (Å²) in [6, 6.07) is -0.643. The van der Waals surface area contributed by atoms with Crippen LogP contribution in [0.2, 0.25) is 0 Å². The van der Waals surface area contributed by atoms with Crippen molar-refractivity contribution in [3.05, 3.63) is 0 Å². The summed E-state index contributed by atoms with van der Waals surface area (Å²) < 4.78 is 0. The van der Waals surface area contributed by atoms with Crippen LogP contribution in [0.15, 0.2) is 0 Å². The molecule has 1 fully saturated rings. The Morgan fingerprint density at radius 2 is 2.20 bits per heavy atom. The molecule has 2 atom stereocenters. The maximum Gasteiger partial charge on any atom is 0.326 e. The second kappa shape index (κ2) is 5.11. The fraction of sp³-hybridized carbons (Fsp3) is 0.800. The van der Waals surface area contributed by atoms with Gasteiger partial charge in [-0.3, -0.25) is 4.79 Å². The Balaban J connectivity index is 2.60. The molecule has 5 nitrogen and oxygen atoms in total. The highest BCUT2D eigenvalue weighted by Gasteiger charge is 2.38. The summed E-state index contributed by atoms with van der Waals surface area (Å²) in [4.78, 5) is 24.1. The topological polar surface area (TPSA) is 83.6 Å². The van der Waals surface area contributed by atoms with E-state index in [1.54, 1.807) is 0 Å². The first-order valence-electron chi connectivity index (χ1n) is 5.30. The Labute approximate surface area is 89.2 Å². The van der Waals surface area contributed by atoms with Crippen LogP contribution < -0.4 is 5.73 Å². The van der Waals surface area contributed by atoms with E-state index in [1.165, 1.54) is 4.90 Å². The lowest BCUT2D eigenvalue weighted by Crippen LogP contribution is -2.42. The predicted octanol–water partition coefficient (Wildman–Crippen LogP) is 0.0469. The second-order valence-corrected chi connectivity index (χ2v) is 4.03. The number of hydrogen-bond donors (Lipinski definition) is 2. The average Bonchev–Trinajstić information content (AvgIpc) is 2.56. The summed E-state index contributed by atoms with van der Waals surface area (Å²) in [5, 5.41) is 9.01. The van der Waals surface area contributed by atoms with Gasteiger partial charge in [-0.25, -0.2) is 4.79 Å². The van der Waals surface area contributed by atoms with Crippen LogP contribution in [0.3, 0.4) is 0 Å². The molecule has 1 amide bonds. The minimum atomic E-state index is -0.902. The van der Waals surface area contributed by atoms with Crippen LogP contribution in [-0.4, -0.2) is 41.0 Å². The number of nitrogens with zero attached hydrogens (tertiary/aromatic N) is 1. The van der Waals surface area contributed by atoms with Gasteiger partial charge in [0.15, 0.2) is 0 Å². The van der Waals surface area contributed by atoms with Crippen LogP contribution in [0.25, 0.3) is 0 Å². The number of hydrogen-bond acceptors (Lipinski definition) is 3. The van der Waals surface area contributed by atoms with E-state index in [9.17, 15) is 9.59 Å². The van der Waals surface area contributed by atoms with Crippen LogP contribution in [0, 0.1) is 5.92 Å². The van der Waals surface area contributed by atoms with E-state index < -0.39 is 12.0 Å². The monoisotopic (exact) mass is 214 g/mol. The summed E-state index contributed by atoms with van der Waals surface area (Å²) >= 11 is 0. The number of rotatable bonds is 4. The Morgan fingerprint density at radius 1 is 1.53 bits per heavy atom. The smallest absolute Gasteiger partial charge is 0.326 e. The van der Waals surface area contributed by atoms with Gasteiger partial charge in [0.05, 0.1) is 0 Å². The van der Waals surface area contributed by atoms with E-state index in [1.807, 2.05) is 6.92 Å². The van der Waals surface area contributed by atoms with Crippen LogP contribution in [0.1, 0.15) is 26.2 Å². The van der Waals surface area contributed by atoms with Crippen LogP contribution in [0.5, 0.6) is 0 Å². The van der Waals surface area contributed by atoms with Crippen LogP contribution in [0.4, 0.5) is 0 Å². The summed E-state index contributed by atoms with van der Waals surface area (Å²) in [6.07, 6.45) is 1.74. The van der Waals surface area contributed by atoms with Crippen LogP contribution >= 0.6 is 0 Å². The molecule has 1 saturated heterocycles. The van der Waals surface area contributed by atoms with Crippen molar-refractivity contribution in [3.63, 3.8) is 0 Å². The molecule has 0 saturated carbocycles. The van der Waals surface area contributed by atoms with Gasteiger partial charge in [0.2, 0.25) is 5.91 Å². The zero-order valence-electron chi connectivity index (χ0n) is 8.98. The van der Waals surface area contributed by atoms with Gasteiger partial charge in [-0.2, -0.15) is 0 Å². The minimum absolute atomic E-state index is 0.0457. The molecule has 1 heterocycles. The van der Waals surface area contributed by atoms with Crippen molar-refractivity contribution in [3.8, 4) is 0 Å². The molecule has 1 rings (SSSR count). The molecule has 0 spiro atoms. The van der Waals surface area contributed by atoms with Crippen molar-refractivity contribution in [2.75, 3.05) is 13.1 Å². The van der Waals surface area contributed by atoms with Gasteiger partial charge in [-0.1, -0.05) is 6.92 Å². The maximum absolute atomic E-state index is 11.7. The number of amides is 1. The molecule has 86 valence electrons. The first kappa shape index (κ1) is 12.0. The van der Waals surface area contributed by atoms with Gasteiger partial charge in [0, 0.05) is 13.0 Å². The average molecular weight is 214 g/mol. The number of carbonyl (C=O) groups is 2. The number of nitrogens with two attached hydrogens (primary N) is 1. The van der Waals surface area contributed by atoms with E-state index in [-0.39, 0.29) is 11.8 Å². The van der Waals surface area contributed by atoms with Gasteiger partial charge in [0.25, 0.3) is 0 Å². The van der Waals surface area contributed by atoms with Crippen LogP contribution in [-0.2, 0) is 9.59 Å². The number of carbonyl (C=O) groups excluding carboxylic acids is 1. The van der Waals surface area contributed by atoms with Gasteiger partial charge >= 0.3 is 5.97 Å². The highest BCUT2D eigenvalue weighted by Crippen LogP contribution is 2.24. The fourth-order valence-corrected chi connectivity index (χ4v) is 2.00. The molecular formula is C10H18N2O3. The molecule has 1 aliphatic rings. The van der Waals surface area contributed by atoms with Crippen molar-refractivity contribution in [2.24, 2.45) is 11.7 Å². The lowest BCUT2D eigenvalue weighted by atomic mass is 10.0. The molecular weight excluding hydrogens is 196 g/mol. The summed E-state index contributed by atoms with van der Waals surface area (Å²) in [5.74, 6) is -0.942. The van der Waals surface area contributed by atoms with Crippen molar-refractivity contribution >= 4 is 11.9 Å². The number of carboxylic acid groups (broad SMARTS) is 1. The molecule has 0 aromatic heterocycles. The van der Waals surface area contributed by atoms with Gasteiger partial charge < -0.3 is 15.7 Å². The Morgan fingerprint density at radius 3 is 2.73 bits per heavy atom. The van der Waals surface area contributed by atoms with E-state index in [4.69, 9.17) is 10.8 Å². The first-order valence-corrected chi connectivity index (χ1v) is 5.30. The van der Waals surface area contributed by atoms with Gasteiger partial charge in [0.1, 0.15) is 6.04 Å². The molecule has 1 aliphatic heterocycles. The molecule has 0 aromatic carbocycles. The quantitative estimate of drug-likeness (QED) is 0.692. The number of likely N-dealkylation sites (tertiary alicyclic amines) is 1. The normalized spacial score (nSPS) is 25.6. The third-order valence-electron chi connectivity index (χ3n) is 2.87. The SMILES string of the molecule is CC1CCN(C(=O)CCCN)C1C(=O)O. The third-order valence-corrected chi connectivity index (χ3v) is 2.87. The van der Waals surface area contributed by atoms with Crippen molar-refractivity contribution in [2.45, 2.75) is 32.2 Å². The second-order valence-electron chi connectivity index (χ2n) is 4.03. The van der Waals surface area contributed by atoms with E-state index >= 15 is 0 Å². The minimum Gasteiger partial charge on any atom is -0.480 e. The predicted molar refractivity (Wildman–Crippen MR) is 55.2 cm³/mol. The highest BCUT2D eigenvalue weighted by molar-refractivity contribution is 5.84. The lowest BCUT2D eigenvalue weighted by Gasteiger charge is -2.23. The zero-order valence-corrected chi connectivity index (χ0v) is 8.98. The fourth-order valence-electron chi connectivity index (χ4n) is 2.00. The number of aliphatic carboxylic acids is 1. The molecule has 0 aromatic rings. The lowest BCUT2D eigenvalue weighted by molar-refractivity contribution is -0.149. The summed E-state index contributed by atoms with van der Waals surface area (Å²) in [5.41, 5.74) is 5.31. The molecule has 0 radical (unpaired) electrons. The van der Waals surface area contributed by atoms with Crippen molar-refractivity contribution in [1.29, 1.82) is 0 Å². The van der Waals surface area contributed by atoms with E-state index in [0.29, 0.717) is 25.9 Å². The summed E-state index contributed by atoms with van der Waals surface area (Å²) in [6.45, 7) is 2.89. The largest absolute Gasteiger partial charge is 0.480 e. The van der Waals surface area contributed by atoms with Crippen molar-refractivity contribution in [1.82, 2.24) is 4.90 Å². The maximum atomic E-state index is 11.7. The van der Waals surface area contributed by atoms with E-state index in [0.717, 1.165) is 6.42 Å². The molecule has 0 bridgehead atoms. The third kappa shape index (κ3) is 2.68.